The third-order valence-corrected chi connectivity index (χ3v) is 13.9. The van der Waals surface area contributed by atoms with Crippen molar-refractivity contribution in [1.82, 2.24) is 15.5 Å². The fourth-order valence-corrected chi connectivity index (χ4v) is 9.60. The van der Waals surface area contributed by atoms with Gasteiger partial charge < -0.3 is 30.0 Å². The van der Waals surface area contributed by atoms with Crippen molar-refractivity contribution in [2.24, 2.45) is 22.1 Å². The van der Waals surface area contributed by atoms with E-state index < -0.39 is 30.0 Å². The summed E-state index contributed by atoms with van der Waals surface area (Å²) in [6, 6.07) is 18.7. The zero-order chi connectivity index (χ0) is 51.7. The minimum Gasteiger partial charge on any atom is -0.481 e. The zero-order valence-electron chi connectivity index (χ0n) is 40.2. The minimum atomic E-state index is -0.816. The molecule has 3 N–H and O–H groups in total. The Morgan fingerprint density at radius 2 is 1.15 bits per heavy atom. The number of alkyl halides is 1. The van der Waals surface area contributed by atoms with E-state index in [9.17, 15) is 19.2 Å². The molecule has 376 valence electrons. The molecule has 0 aliphatic rings. The first kappa shape index (κ1) is 65.4. The largest absolute Gasteiger partial charge is 0.481 e. The maximum atomic E-state index is 12.0. The second-order valence-corrected chi connectivity index (χ2v) is 20.8. The number of halogens is 1. The lowest BCUT2D eigenvalue weighted by Crippen LogP contribution is -2.36. The highest BCUT2D eigenvalue weighted by molar-refractivity contribution is 9.09. The van der Waals surface area contributed by atoms with E-state index in [0.717, 1.165) is 6.54 Å². The molecule has 0 saturated carbocycles. The highest BCUT2D eigenvalue weighted by Gasteiger charge is 2.20. The number of aliphatic carboxylic acids is 1. The number of carboxylic acid groups (broad SMARTS) is 1. The summed E-state index contributed by atoms with van der Waals surface area (Å²) < 4.78 is 15.2. The van der Waals surface area contributed by atoms with Crippen LogP contribution in [0.15, 0.2) is 58.8 Å². The zero-order valence-corrected chi connectivity index (χ0v) is 45.1. The number of rotatable bonds is 26. The standard InChI is InChI=1S/C18H23N5O4S2.C16H22N4O4S2.C8H19N.C2H2BrN/c1-13(17(24)26-10-9-19)7-8-15(29-28-2)11-21-18(25)27-12-14-5-3-4-6-16(14)22-23-20;1-11(15(21)22)7-8-13(26-25-2)9-18-16(23)24-10-12-5-3-4-6-14(12)19-20-17;1-6-9(7(2)3)8(4)5;3-1-2-4/h3-6,13,15H,7-8,10-12H2,1-2H3,(H,21,25);3-6,11,13H,7-10H2,1-2H3,(H,18,23)(H,21,22);7-8H,6H2,1-5H3;1H2/t13-,15-;11-,13-;;/m00../s1. The van der Waals surface area contributed by atoms with E-state index in [4.69, 9.17) is 40.9 Å². The quantitative estimate of drug-likeness (QED) is 0.0150. The molecule has 0 fully saturated rings. The number of nitrogens with one attached hydrogen (secondary N) is 2. The number of hydrogen-bond donors (Lipinski definition) is 3. The fourth-order valence-electron chi connectivity index (χ4n) is 5.67. The Bertz CT molecular complexity index is 1940. The normalized spacial score (nSPS) is 11.8. The molecule has 2 aromatic carbocycles. The third kappa shape index (κ3) is 33.0. The van der Waals surface area contributed by atoms with Crippen LogP contribution in [-0.2, 0) is 37.0 Å². The van der Waals surface area contributed by atoms with Gasteiger partial charge in [-0.05, 0) is 94.6 Å². The number of alkyl carbamates (subject to hydrolysis) is 2. The summed E-state index contributed by atoms with van der Waals surface area (Å²) in [5.74, 6) is -1.95. The van der Waals surface area contributed by atoms with Gasteiger partial charge in [0.2, 0.25) is 0 Å². The molecule has 0 aliphatic carbocycles. The summed E-state index contributed by atoms with van der Waals surface area (Å²) in [5.41, 5.74) is 19.2. The van der Waals surface area contributed by atoms with Crippen molar-refractivity contribution in [1.29, 1.82) is 10.5 Å². The van der Waals surface area contributed by atoms with Crippen LogP contribution in [0.3, 0.4) is 0 Å². The van der Waals surface area contributed by atoms with Crippen LogP contribution < -0.4 is 10.6 Å². The van der Waals surface area contributed by atoms with E-state index in [1.54, 1.807) is 112 Å². The van der Waals surface area contributed by atoms with Crippen LogP contribution in [0.1, 0.15) is 85.3 Å². The van der Waals surface area contributed by atoms with Gasteiger partial charge in [-0.2, -0.15) is 10.5 Å². The first-order chi connectivity index (χ1) is 32.5. The molecular formula is C44H66BrN11O8S4. The number of esters is 1. The van der Waals surface area contributed by atoms with Gasteiger partial charge in [-0.1, -0.05) is 139 Å². The Morgan fingerprint density at radius 1 is 0.735 bits per heavy atom. The van der Waals surface area contributed by atoms with Crippen LogP contribution in [0.4, 0.5) is 21.0 Å². The maximum absolute atomic E-state index is 12.0. The number of amides is 2. The van der Waals surface area contributed by atoms with E-state index >= 15 is 0 Å². The summed E-state index contributed by atoms with van der Waals surface area (Å²) in [7, 11) is 6.34. The van der Waals surface area contributed by atoms with Gasteiger partial charge in [0.15, 0.2) is 6.61 Å². The molecule has 2 aromatic rings. The number of carbonyl (C=O) groups is 4. The summed E-state index contributed by atoms with van der Waals surface area (Å²) in [4.78, 5) is 54.5. The number of benzene rings is 2. The first-order valence-corrected chi connectivity index (χ1v) is 27.8. The molecule has 68 heavy (non-hydrogen) atoms. The third-order valence-electron chi connectivity index (χ3n) is 9.12. The monoisotopic (exact) mass is 1080 g/mol. The van der Waals surface area contributed by atoms with Crippen molar-refractivity contribution < 1.29 is 38.5 Å². The van der Waals surface area contributed by atoms with Crippen LogP contribution in [0.25, 0.3) is 20.9 Å². The van der Waals surface area contributed by atoms with E-state index in [1.807, 2.05) is 18.6 Å². The first-order valence-electron chi connectivity index (χ1n) is 21.4. The van der Waals surface area contributed by atoms with Crippen LogP contribution >= 0.6 is 59.1 Å². The molecule has 0 saturated heterocycles. The van der Waals surface area contributed by atoms with Gasteiger partial charge in [0, 0.05) is 56.9 Å². The Balaban J connectivity index is 0. The average molecular weight is 1090 g/mol. The van der Waals surface area contributed by atoms with Crippen molar-refractivity contribution in [2.45, 2.75) is 110 Å². The van der Waals surface area contributed by atoms with Crippen LogP contribution in [0.2, 0.25) is 0 Å². The van der Waals surface area contributed by atoms with Gasteiger partial charge in [0.25, 0.3) is 0 Å². The Hall–Kier alpha value is -4.64. The Labute approximate surface area is 425 Å². The van der Waals surface area contributed by atoms with Gasteiger partial charge in [-0.25, -0.2) is 9.59 Å². The molecule has 24 heteroatoms. The molecule has 0 aliphatic heterocycles. The molecule has 0 aromatic heterocycles. The Morgan fingerprint density at radius 3 is 1.47 bits per heavy atom. The molecule has 0 radical (unpaired) electrons. The van der Waals surface area contributed by atoms with Crippen molar-refractivity contribution in [3.05, 3.63) is 80.5 Å². The predicted molar refractivity (Wildman–Crippen MR) is 280 cm³/mol. The number of ether oxygens (including phenoxy) is 3. The van der Waals surface area contributed by atoms with Crippen LogP contribution in [-0.4, -0.2) is 101 Å². The summed E-state index contributed by atoms with van der Waals surface area (Å²) in [6.07, 6.45) is 5.22. The topological polar surface area (TPSA) is 289 Å². The average Bonchev–Trinajstić information content (AvgIpc) is 3.32. The SMILES string of the molecule is CCN(C(C)C)C(C)C.CSS[C@@H](CC[C@H](C)C(=O)O)CNC(=O)OCc1ccccc1N=[N+]=[N-].CSS[C@@H](CC[C@H](C)C(=O)OCC#N)CNC(=O)OCc1ccccc1N=[N+]=[N-].N#CCBr. The molecule has 2 rings (SSSR count). The van der Waals surface area contributed by atoms with Crippen molar-refractivity contribution in [2.75, 3.05) is 44.1 Å². The van der Waals surface area contributed by atoms with Crippen molar-refractivity contribution in [3.63, 3.8) is 0 Å². The van der Waals surface area contributed by atoms with Gasteiger partial charge in [0.1, 0.15) is 19.3 Å². The lowest BCUT2D eigenvalue weighted by molar-refractivity contribution is -0.146. The number of nitriles is 2. The highest BCUT2D eigenvalue weighted by Crippen LogP contribution is 2.29. The molecule has 0 spiro atoms. The molecule has 0 heterocycles. The second-order valence-electron chi connectivity index (χ2n) is 14.7. The molecule has 0 unspecified atom stereocenters. The molecule has 2 amide bonds. The number of carboxylic acids is 1. The smallest absolute Gasteiger partial charge is 0.407 e. The van der Waals surface area contributed by atoms with Gasteiger partial charge >= 0.3 is 24.1 Å². The predicted octanol–water partition coefficient (Wildman–Crippen LogP) is 12.5. The highest BCUT2D eigenvalue weighted by atomic mass is 79.9. The summed E-state index contributed by atoms with van der Waals surface area (Å²) in [6.45, 7) is 16.3. The van der Waals surface area contributed by atoms with Crippen molar-refractivity contribution >= 4 is 94.6 Å². The van der Waals surface area contributed by atoms with Crippen molar-refractivity contribution in [3.8, 4) is 12.1 Å². The fraction of sp³-hybridized carbons (Fsp3) is 0.591. The number of carbonyl (C=O) groups excluding carboxylic acids is 3. The van der Waals surface area contributed by atoms with E-state index in [2.05, 4.69) is 86.1 Å². The number of azide groups is 2. The molecule has 4 atom stereocenters. The summed E-state index contributed by atoms with van der Waals surface area (Å²) in [5, 5.41) is 38.1. The second kappa shape index (κ2) is 42.5. The minimum absolute atomic E-state index is 0.00257. The Kier molecular flexibility index (Phi) is 40.9. The molecular weight excluding hydrogens is 1020 g/mol. The lowest BCUT2D eigenvalue weighted by atomic mass is 10.0. The molecule has 19 nitrogen and oxygen atoms in total. The van der Waals surface area contributed by atoms with Gasteiger partial charge in [-0.15, -0.1) is 0 Å². The summed E-state index contributed by atoms with van der Waals surface area (Å²) >= 11 is 2.89. The van der Waals surface area contributed by atoms with E-state index in [0.29, 0.717) is 78.7 Å². The van der Waals surface area contributed by atoms with E-state index in [1.165, 1.54) is 0 Å². The van der Waals surface area contributed by atoms with Crippen LogP contribution in [0, 0.1) is 34.5 Å². The van der Waals surface area contributed by atoms with Gasteiger partial charge in [-0.3, -0.25) is 14.5 Å². The maximum Gasteiger partial charge on any atom is 0.407 e. The number of hydrogen-bond acceptors (Lipinski definition) is 16. The van der Waals surface area contributed by atoms with E-state index in [-0.39, 0.29) is 36.2 Å². The van der Waals surface area contributed by atoms with Crippen LogP contribution in [0.5, 0.6) is 0 Å². The molecule has 0 bridgehead atoms. The lowest BCUT2D eigenvalue weighted by Gasteiger charge is -2.28. The van der Waals surface area contributed by atoms with Gasteiger partial charge in [0.05, 0.1) is 23.2 Å². The number of nitrogens with zero attached hydrogens (tertiary/aromatic N) is 9.